The molecule has 5 heteroatoms. The Morgan fingerprint density at radius 1 is 1.27 bits per heavy atom. The van der Waals surface area contributed by atoms with Gasteiger partial charge in [-0.2, -0.15) is 0 Å². The van der Waals surface area contributed by atoms with Crippen LogP contribution in [0.4, 0.5) is 0 Å². The Hall–Kier alpha value is -1.36. The Morgan fingerprint density at radius 3 is 2.40 bits per heavy atom. The molecule has 0 aliphatic rings. The van der Waals surface area contributed by atoms with Gasteiger partial charge in [0.25, 0.3) is 0 Å². The Bertz CT molecular complexity index is 358. The van der Waals surface area contributed by atoms with E-state index in [0.717, 1.165) is 4.47 Å². The average molecular weight is 273 g/mol. The van der Waals surface area contributed by atoms with Crippen LogP contribution in [0, 0.1) is 0 Å². The molecule has 0 N–H and O–H groups in total. The molecule has 15 heavy (non-hydrogen) atoms. The summed E-state index contributed by atoms with van der Waals surface area (Å²) in [5, 5.41) is 0. The highest BCUT2D eigenvalue weighted by Gasteiger charge is 2.09. The fourth-order valence-corrected chi connectivity index (χ4v) is 1.12. The van der Waals surface area contributed by atoms with Gasteiger partial charge in [-0.1, -0.05) is 15.9 Å². The van der Waals surface area contributed by atoms with Gasteiger partial charge < -0.3 is 9.47 Å². The standard InChI is InChI=1S/C10H9BrO4/c1-14-9(12)6-15-10(13)7-2-4-8(11)5-3-7/h2-5H,6H2,1H3. The second-order valence-corrected chi connectivity index (χ2v) is 3.57. The molecule has 4 nitrogen and oxygen atoms in total. The van der Waals surface area contributed by atoms with E-state index in [-0.39, 0.29) is 6.61 Å². The zero-order chi connectivity index (χ0) is 11.3. The molecule has 0 spiro atoms. The monoisotopic (exact) mass is 272 g/mol. The van der Waals surface area contributed by atoms with Crippen LogP contribution >= 0.6 is 15.9 Å². The molecule has 1 aromatic carbocycles. The van der Waals surface area contributed by atoms with Crippen LogP contribution < -0.4 is 0 Å². The highest BCUT2D eigenvalue weighted by molar-refractivity contribution is 9.10. The predicted octanol–water partition coefficient (Wildman–Crippen LogP) is 1.78. The van der Waals surface area contributed by atoms with Crippen molar-refractivity contribution in [3.8, 4) is 0 Å². The largest absolute Gasteiger partial charge is 0.466 e. The maximum absolute atomic E-state index is 11.3. The van der Waals surface area contributed by atoms with Gasteiger partial charge in [0.2, 0.25) is 0 Å². The lowest BCUT2D eigenvalue weighted by Gasteiger charge is -2.03. The number of hydrogen-bond donors (Lipinski definition) is 0. The van der Waals surface area contributed by atoms with Crippen LogP contribution in [0.5, 0.6) is 0 Å². The van der Waals surface area contributed by atoms with Gasteiger partial charge in [-0.25, -0.2) is 9.59 Å². The smallest absolute Gasteiger partial charge is 0.344 e. The van der Waals surface area contributed by atoms with E-state index in [0.29, 0.717) is 5.56 Å². The topological polar surface area (TPSA) is 52.6 Å². The first-order valence-electron chi connectivity index (χ1n) is 4.13. The molecule has 0 atom stereocenters. The van der Waals surface area contributed by atoms with Gasteiger partial charge in [0.15, 0.2) is 6.61 Å². The highest BCUT2D eigenvalue weighted by atomic mass is 79.9. The van der Waals surface area contributed by atoms with Gasteiger partial charge in [-0.15, -0.1) is 0 Å². The fourth-order valence-electron chi connectivity index (χ4n) is 0.853. The summed E-state index contributed by atoms with van der Waals surface area (Å²) in [6, 6.07) is 6.64. The summed E-state index contributed by atoms with van der Waals surface area (Å²) in [5.74, 6) is -1.13. The molecule has 1 aromatic rings. The molecule has 0 aromatic heterocycles. The van der Waals surface area contributed by atoms with Crippen LogP contribution in [-0.2, 0) is 14.3 Å². The number of esters is 2. The quantitative estimate of drug-likeness (QED) is 0.788. The van der Waals surface area contributed by atoms with Crippen LogP contribution in [0.25, 0.3) is 0 Å². The van der Waals surface area contributed by atoms with Crippen LogP contribution in [0.1, 0.15) is 10.4 Å². The molecule has 1 rings (SSSR count). The van der Waals surface area contributed by atoms with Gasteiger partial charge in [-0.05, 0) is 24.3 Å². The van der Waals surface area contributed by atoms with Gasteiger partial charge in [0.1, 0.15) is 0 Å². The third-order valence-corrected chi connectivity index (χ3v) is 2.16. The van der Waals surface area contributed by atoms with Crippen LogP contribution in [0.3, 0.4) is 0 Å². The van der Waals surface area contributed by atoms with E-state index in [9.17, 15) is 9.59 Å². The lowest BCUT2D eigenvalue weighted by Crippen LogP contribution is -2.14. The summed E-state index contributed by atoms with van der Waals surface area (Å²) >= 11 is 3.24. The summed E-state index contributed by atoms with van der Waals surface area (Å²) < 4.78 is 9.89. The minimum Gasteiger partial charge on any atom is -0.466 e. The predicted molar refractivity (Wildman–Crippen MR) is 56.4 cm³/mol. The van der Waals surface area contributed by atoms with Crippen LogP contribution in [0.15, 0.2) is 28.7 Å². The number of hydrogen-bond acceptors (Lipinski definition) is 4. The van der Waals surface area contributed by atoms with E-state index in [4.69, 9.17) is 4.74 Å². The van der Waals surface area contributed by atoms with Crippen molar-refractivity contribution in [3.63, 3.8) is 0 Å². The molecule has 0 heterocycles. The highest BCUT2D eigenvalue weighted by Crippen LogP contribution is 2.11. The maximum atomic E-state index is 11.3. The van der Waals surface area contributed by atoms with Gasteiger partial charge in [0, 0.05) is 4.47 Å². The molecule has 0 saturated carbocycles. The normalized spacial score (nSPS) is 9.47. The van der Waals surface area contributed by atoms with Gasteiger partial charge >= 0.3 is 11.9 Å². The molecule has 80 valence electrons. The zero-order valence-corrected chi connectivity index (χ0v) is 9.61. The molecule has 0 amide bonds. The van der Waals surface area contributed by atoms with E-state index >= 15 is 0 Å². The summed E-state index contributed by atoms with van der Waals surface area (Å²) in [5.41, 5.74) is 0.391. The van der Waals surface area contributed by atoms with Crippen molar-refractivity contribution in [2.75, 3.05) is 13.7 Å². The molecule has 0 radical (unpaired) electrons. The maximum Gasteiger partial charge on any atom is 0.344 e. The third-order valence-electron chi connectivity index (χ3n) is 1.63. The van der Waals surface area contributed by atoms with Gasteiger partial charge in [-0.3, -0.25) is 0 Å². The molecule has 0 aliphatic carbocycles. The van der Waals surface area contributed by atoms with Crippen LogP contribution in [0.2, 0.25) is 0 Å². The Morgan fingerprint density at radius 2 is 1.87 bits per heavy atom. The van der Waals surface area contributed by atoms with Crippen molar-refractivity contribution in [3.05, 3.63) is 34.3 Å². The van der Waals surface area contributed by atoms with E-state index in [2.05, 4.69) is 20.7 Å². The number of ether oxygens (including phenoxy) is 2. The molecule has 0 bridgehead atoms. The molecule has 0 saturated heterocycles. The van der Waals surface area contributed by atoms with Crippen molar-refractivity contribution in [1.29, 1.82) is 0 Å². The second-order valence-electron chi connectivity index (χ2n) is 2.66. The van der Waals surface area contributed by atoms with Crippen molar-refractivity contribution >= 4 is 27.9 Å². The zero-order valence-electron chi connectivity index (χ0n) is 8.03. The van der Waals surface area contributed by atoms with E-state index in [1.54, 1.807) is 24.3 Å². The molecule has 0 fully saturated rings. The second kappa shape index (κ2) is 5.50. The molecular formula is C10H9BrO4. The molecule has 0 aliphatic heterocycles. The SMILES string of the molecule is COC(=O)COC(=O)c1ccc(Br)cc1. The fraction of sp³-hybridized carbons (Fsp3) is 0.200. The summed E-state index contributed by atoms with van der Waals surface area (Å²) in [6.45, 7) is -0.370. The minimum absolute atomic E-state index is 0.370. The number of methoxy groups -OCH3 is 1. The van der Waals surface area contributed by atoms with Crippen LogP contribution in [-0.4, -0.2) is 25.7 Å². The third kappa shape index (κ3) is 3.71. The number of carbonyl (C=O) groups excluding carboxylic acids is 2. The van der Waals surface area contributed by atoms with Crippen molar-refractivity contribution < 1.29 is 19.1 Å². The Kier molecular flexibility index (Phi) is 4.30. The number of rotatable bonds is 3. The summed E-state index contributed by atoms with van der Waals surface area (Å²) in [4.78, 5) is 22.0. The number of halogens is 1. The van der Waals surface area contributed by atoms with Crippen molar-refractivity contribution in [1.82, 2.24) is 0 Å². The number of benzene rings is 1. The Balaban J connectivity index is 2.54. The first-order chi connectivity index (χ1) is 7.13. The lowest BCUT2D eigenvalue weighted by atomic mass is 10.2. The van der Waals surface area contributed by atoms with E-state index < -0.39 is 11.9 Å². The first kappa shape index (κ1) is 11.7. The van der Waals surface area contributed by atoms with E-state index in [1.807, 2.05) is 0 Å². The molecule has 0 unspecified atom stereocenters. The average Bonchev–Trinajstić information content (AvgIpc) is 2.26. The van der Waals surface area contributed by atoms with Crippen molar-refractivity contribution in [2.24, 2.45) is 0 Å². The first-order valence-corrected chi connectivity index (χ1v) is 4.92. The summed E-state index contributed by atoms with van der Waals surface area (Å²) in [7, 11) is 1.23. The van der Waals surface area contributed by atoms with Gasteiger partial charge in [0.05, 0.1) is 12.7 Å². The number of carbonyl (C=O) groups is 2. The Labute approximate surface area is 95.3 Å². The summed E-state index contributed by atoms with van der Waals surface area (Å²) in [6.07, 6.45) is 0. The molecular weight excluding hydrogens is 264 g/mol. The minimum atomic E-state index is -0.583. The lowest BCUT2D eigenvalue weighted by molar-refractivity contribution is -0.144. The van der Waals surface area contributed by atoms with Crippen molar-refractivity contribution in [2.45, 2.75) is 0 Å². The van der Waals surface area contributed by atoms with E-state index in [1.165, 1.54) is 7.11 Å².